The summed E-state index contributed by atoms with van der Waals surface area (Å²) in [4.78, 5) is 50.5. The van der Waals surface area contributed by atoms with Gasteiger partial charge in [0.25, 0.3) is 11.8 Å². The normalized spacial score (nSPS) is 12.0. The molecule has 0 radical (unpaired) electrons. The number of hydrogen-bond donors (Lipinski definition) is 4. The Kier molecular flexibility index (Phi) is 10.3. The zero-order valence-corrected chi connectivity index (χ0v) is 22.1. The van der Waals surface area contributed by atoms with Crippen LogP contribution in [0, 0.1) is 0 Å². The summed E-state index contributed by atoms with van der Waals surface area (Å²) >= 11 is 0. The summed E-state index contributed by atoms with van der Waals surface area (Å²) in [5.41, 5.74) is -0.168. The van der Waals surface area contributed by atoms with Gasteiger partial charge in [0.1, 0.15) is 34.4 Å². The molecule has 4 amide bonds. The first kappa shape index (κ1) is 29.0. The van der Waals surface area contributed by atoms with Crippen LogP contribution in [0.4, 0.5) is 0 Å². The van der Waals surface area contributed by atoms with E-state index in [4.69, 9.17) is 17.7 Å². The third-order valence-corrected chi connectivity index (χ3v) is 5.24. The van der Waals surface area contributed by atoms with Crippen molar-refractivity contribution in [1.29, 1.82) is 0 Å². The van der Waals surface area contributed by atoms with E-state index in [0.29, 0.717) is 23.0 Å². The zero-order chi connectivity index (χ0) is 29.6. The molecule has 4 N–H and O–H groups in total. The van der Waals surface area contributed by atoms with Crippen molar-refractivity contribution >= 4 is 47.9 Å². The van der Waals surface area contributed by atoms with E-state index in [2.05, 4.69) is 21.3 Å². The molecule has 4 aromatic rings. The summed E-state index contributed by atoms with van der Waals surface area (Å²) in [5, 5.41) is 10.3. The highest BCUT2D eigenvalue weighted by Crippen LogP contribution is 2.09. The number of hydrogen-bond acceptors (Lipinski definition) is 8. The van der Waals surface area contributed by atoms with Crippen molar-refractivity contribution in [2.24, 2.45) is 0 Å². The first-order valence-corrected chi connectivity index (χ1v) is 12.6. The highest BCUT2D eigenvalue weighted by Gasteiger charge is 2.15. The molecule has 0 bridgehead atoms. The van der Waals surface area contributed by atoms with Gasteiger partial charge in [-0.2, -0.15) is 0 Å². The van der Waals surface area contributed by atoms with Crippen molar-refractivity contribution in [1.82, 2.24) is 21.3 Å². The summed E-state index contributed by atoms with van der Waals surface area (Å²) in [6.45, 7) is -0.00288. The summed E-state index contributed by atoms with van der Waals surface area (Å²) in [6, 6.07) is 13.2. The molecule has 0 aliphatic rings. The van der Waals surface area contributed by atoms with Gasteiger partial charge in [-0.25, -0.2) is 0 Å². The molecule has 4 aromatic heterocycles. The lowest BCUT2D eigenvalue weighted by molar-refractivity contribution is -0.121. The second-order valence-electron chi connectivity index (χ2n) is 8.33. The van der Waals surface area contributed by atoms with Gasteiger partial charge in [-0.05, 0) is 60.7 Å². The highest BCUT2D eigenvalue weighted by atomic mass is 16.3. The first-order chi connectivity index (χ1) is 20.5. The molecule has 4 heterocycles. The molecule has 0 saturated carbocycles. The van der Waals surface area contributed by atoms with E-state index in [1.54, 1.807) is 48.5 Å². The molecule has 0 aliphatic heterocycles. The standard InChI is InChI=1S/C30H26N4O8/c35-27(11-9-21-5-1-15-39-21)33-25(19-23-7-3-17-41-23)29(37)31-13-14-32-30(38)26(20-24-8-4-18-42-24)34-28(36)12-10-22-6-2-16-40-22/h1-12,15-20H,13-14H2,(H,31,37)(H,32,38)(H,33,35)(H,34,36)/b11-9+,12-10+,25-19-,26-20-. The fraction of sp³-hybridized carbons (Fsp3) is 0.0667. The molecule has 0 aromatic carbocycles. The molecule has 0 atom stereocenters. The predicted molar refractivity (Wildman–Crippen MR) is 151 cm³/mol. The Hall–Kier alpha value is -6.04. The topological polar surface area (TPSA) is 169 Å². The van der Waals surface area contributed by atoms with E-state index in [1.807, 2.05) is 0 Å². The number of carbonyl (C=O) groups excluding carboxylic acids is 4. The zero-order valence-electron chi connectivity index (χ0n) is 22.1. The fourth-order valence-electron chi connectivity index (χ4n) is 3.33. The summed E-state index contributed by atoms with van der Waals surface area (Å²) < 4.78 is 20.8. The van der Waals surface area contributed by atoms with Crippen LogP contribution in [0.15, 0.2) is 115 Å². The number of carbonyl (C=O) groups is 4. The van der Waals surface area contributed by atoms with E-state index in [0.717, 1.165) is 0 Å². The Morgan fingerprint density at radius 3 is 1.24 bits per heavy atom. The van der Waals surface area contributed by atoms with Crippen molar-refractivity contribution in [2.75, 3.05) is 13.1 Å². The smallest absolute Gasteiger partial charge is 0.268 e. The van der Waals surface area contributed by atoms with Gasteiger partial charge >= 0.3 is 0 Å². The quantitative estimate of drug-likeness (QED) is 0.140. The van der Waals surface area contributed by atoms with Crippen LogP contribution in [0.2, 0.25) is 0 Å². The molecule has 12 nitrogen and oxygen atoms in total. The van der Waals surface area contributed by atoms with Gasteiger partial charge in [-0.15, -0.1) is 0 Å². The van der Waals surface area contributed by atoms with Gasteiger partial charge in [0.2, 0.25) is 11.8 Å². The number of amides is 4. The maximum Gasteiger partial charge on any atom is 0.268 e. The van der Waals surface area contributed by atoms with Crippen LogP contribution < -0.4 is 21.3 Å². The second-order valence-corrected chi connectivity index (χ2v) is 8.33. The lowest BCUT2D eigenvalue weighted by Gasteiger charge is -2.11. The average Bonchev–Trinajstić information content (AvgIpc) is 3.81. The summed E-state index contributed by atoms with van der Waals surface area (Å²) in [6.07, 6.45) is 13.8. The molecule has 12 heteroatoms. The third kappa shape index (κ3) is 9.31. The number of nitrogens with one attached hydrogen (secondary N) is 4. The summed E-state index contributed by atoms with van der Waals surface area (Å²) in [7, 11) is 0. The van der Waals surface area contributed by atoms with Crippen LogP contribution in [0.25, 0.3) is 24.3 Å². The molecular weight excluding hydrogens is 544 g/mol. The van der Waals surface area contributed by atoms with Gasteiger partial charge < -0.3 is 38.9 Å². The Morgan fingerprint density at radius 1 is 0.548 bits per heavy atom. The van der Waals surface area contributed by atoms with Gasteiger partial charge in [0.15, 0.2) is 0 Å². The molecule has 4 rings (SSSR count). The van der Waals surface area contributed by atoms with E-state index in [9.17, 15) is 19.2 Å². The van der Waals surface area contributed by atoms with E-state index >= 15 is 0 Å². The Bertz CT molecular complexity index is 1450. The van der Waals surface area contributed by atoms with Gasteiger partial charge in [-0.1, -0.05) is 0 Å². The SMILES string of the molecule is O=C(/C=C/c1ccco1)N/C(=C\c1ccco1)C(=O)NCCNC(=O)/C(=C/c1ccco1)NC(=O)/C=C/c1ccco1. The van der Waals surface area contributed by atoms with Gasteiger partial charge in [0.05, 0.1) is 25.1 Å². The highest BCUT2D eigenvalue weighted by molar-refractivity contribution is 6.05. The fourth-order valence-corrected chi connectivity index (χ4v) is 3.33. The van der Waals surface area contributed by atoms with Crippen molar-refractivity contribution < 1.29 is 36.8 Å². The van der Waals surface area contributed by atoms with Crippen molar-refractivity contribution in [3.05, 3.63) is 120 Å². The molecule has 214 valence electrons. The monoisotopic (exact) mass is 570 g/mol. The molecule has 0 unspecified atom stereocenters. The second kappa shape index (κ2) is 14.9. The van der Waals surface area contributed by atoms with Gasteiger partial charge in [-0.3, -0.25) is 19.2 Å². The molecule has 0 spiro atoms. The minimum absolute atomic E-state index is 0.00144. The van der Waals surface area contributed by atoms with Crippen LogP contribution in [-0.4, -0.2) is 36.7 Å². The lowest BCUT2D eigenvalue weighted by atomic mass is 10.3. The van der Waals surface area contributed by atoms with Crippen molar-refractivity contribution in [3.8, 4) is 0 Å². The third-order valence-electron chi connectivity index (χ3n) is 5.24. The predicted octanol–water partition coefficient (Wildman–Crippen LogP) is 3.33. The van der Waals surface area contributed by atoms with Gasteiger partial charge in [0, 0.05) is 37.4 Å². The molecule has 0 saturated heterocycles. The number of furan rings is 4. The molecule has 0 aliphatic carbocycles. The summed E-state index contributed by atoms with van der Waals surface area (Å²) in [5.74, 6) is -0.776. The molecule has 42 heavy (non-hydrogen) atoms. The van der Waals surface area contributed by atoms with E-state index < -0.39 is 23.6 Å². The minimum Gasteiger partial charge on any atom is -0.465 e. The Morgan fingerprint density at radius 2 is 0.905 bits per heavy atom. The van der Waals surface area contributed by atoms with Crippen molar-refractivity contribution in [3.63, 3.8) is 0 Å². The largest absolute Gasteiger partial charge is 0.465 e. The van der Waals surface area contributed by atoms with Crippen LogP contribution in [0.5, 0.6) is 0 Å². The lowest BCUT2D eigenvalue weighted by Crippen LogP contribution is -2.40. The minimum atomic E-state index is -0.622. The Labute approximate surface area is 239 Å². The van der Waals surface area contributed by atoms with Crippen molar-refractivity contribution in [2.45, 2.75) is 0 Å². The van der Waals surface area contributed by atoms with Crippen LogP contribution in [0.1, 0.15) is 23.0 Å². The average molecular weight is 571 g/mol. The Balaban J connectivity index is 1.33. The van der Waals surface area contributed by atoms with E-state index in [-0.39, 0.29) is 24.5 Å². The van der Waals surface area contributed by atoms with Crippen LogP contribution >= 0.6 is 0 Å². The number of rotatable bonds is 13. The van der Waals surface area contributed by atoms with Crippen LogP contribution in [-0.2, 0) is 19.2 Å². The first-order valence-electron chi connectivity index (χ1n) is 12.6. The molecular formula is C30H26N4O8. The van der Waals surface area contributed by atoms with E-state index in [1.165, 1.54) is 61.5 Å². The maximum absolute atomic E-state index is 12.9. The molecule has 0 fully saturated rings. The maximum atomic E-state index is 12.9. The van der Waals surface area contributed by atoms with Crippen LogP contribution in [0.3, 0.4) is 0 Å².